The lowest BCUT2D eigenvalue weighted by molar-refractivity contribution is 0.197. The number of nitrogens with zero attached hydrogens (tertiary/aromatic N) is 2. The maximum Gasteiger partial charge on any atom is 0.191 e. The van der Waals surface area contributed by atoms with Gasteiger partial charge in [-0.25, -0.2) is 0 Å². The molecule has 0 aliphatic carbocycles. The number of unbranched alkanes of at least 4 members (excludes halogenated alkanes) is 2. The highest BCUT2D eigenvalue weighted by molar-refractivity contribution is 14.0. The van der Waals surface area contributed by atoms with Crippen molar-refractivity contribution in [3.63, 3.8) is 0 Å². The molecule has 4 nitrogen and oxygen atoms in total. The Labute approximate surface area is 143 Å². The molecule has 5 heteroatoms. The SMILES string of the molecule is CCCCCC(C)NC(=NC)NCC(C)(C)N(C)C.I. The Bertz CT molecular complexity index is 265. The van der Waals surface area contributed by atoms with E-state index in [1.165, 1.54) is 25.7 Å². The average molecular weight is 398 g/mol. The summed E-state index contributed by atoms with van der Waals surface area (Å²) in [5.74, 6) is 0.902. The number of nitrogens with one attached hydrogen (secondary N) is 2. The normalized spacial score (nSPS) is 13.9. The molecular formula is C15H35IN4. The highest BCUT2D eigenvalue weighted by atomic mass is 127. The van der Waals surface area contributed by atoms with Crippen LogP contribution in [0.15, 0.2) is 4.99 Å². The summed E-state index contributed by atoms with van der Waals surface area (Å²) < 4.78 is 0. The molecule has 0 aliphatic rings. The zero-order chi connectivity index (χ0) is 14.9. The van der Waals surface area contributed by atoms with Crippen LogP contribution in [0.4, 0.5) is 0 Å². The Morgan fingerprint density at radius 3 is 2.30 bits per heavy atom. The van der Waals surface area contributed by atoms with Crippen LogP contribution in [-0.2, 0) is 0 Å². The van der Waals surface area contributed by atoms with Crippen LogP contribution in [0.3, 0.4) is 0 Å². The molecule has 0 aromatic carbocycles. The summed E-state index contributed by atoms with van der Waals surface area (Å²) in [4.78, 5) is 6.51. The highest BCUT2D eigenvalue weighted by Gasteiger charge is 2.20. The van der Waals surface area contributed by atoms with Crippen LogP contribution in [-0.4, -0.2) is 50.1 Å². The first-order valence-electron chi connectivity index (χ1n) is 7.48. The molecule has 0 aliphatic heterocycles. The number of aliphatic imine (C=N–C) groups is 1. The van der Waals surface area contributed by atoms with Gasteiger partial charge in [0.2, 0.25) is 0 Å². The second-order valence-electron chi connectivity index (χ2n) is 6.17. The number of rotatable bonds is 8. The fraction of sp³-hybridized carbons (Fsp3) is 0.933. The van der Waals surface area contributed by atoms with Crippen LogP contribution in [0.1, 0.15) is 53.4 Å². The van der Waals surface area contributed by atoms with Gasteiger partial charge in [-0.3, -0.25) is 4.99 Å². The molecule has 0 amide bonds. The summed E-state index contributed by atoms with van der Waals surface area (Å²) in [6.07, 6.45) is 5.07. The summed E-state index contributed by atoms with van der Waals surface area (Å²) in [5, 5.41) is 6.87. The standard InChI is InChI=1S/C15H34N4.HI/c1-8-9-10-11-13(2)18-14(16-5)17-12-15(3,4)19(6)7;/h13H,8-12H2,1-7H3,(H2,16,17,18);1H. The van der Waals surface area contributed by atoms with E-state index in [1.807, 2.05) is 7.05 Å². The fourth-order valence-electron chi connectivity index (χ4n) is 1.66. The van der Waals surface area contributed by atoms with Gasteiger partial charge in [-0.15, -0.1) is 24.0 Å². The van der Waals surface area contributed by atoms with Crippen molar-refractivity contribution in [2.45, 2.75) is 65.0 Å². The molecule has 0 spiro atoms. The van der Waals surface area contributed by atoms with Gasteiger partial charge in [-0.05, 0) is 41.3 Å². The summed E-state index contributed by atoms with van der Waals surface area (Å²) in [6, 6.07) is 0.472. The van der Waals surface area contributed by atoms with Gasteiger partial charge < -0.3 is 15.5 Å². The monoisotopic (exact) mass is 398 g/mol. The van der Waals surface area contributed by atoms with Gasteiger partial charge in [0.15, 0.2) is 5.96 Å². The molecule has 0 bridgehead atoms. The van der Waals surface area contributed by atoms with E-state index >= 15 is 0 Å². The van der Waals surface area contributed by atoms with Crippen LogP contribution in [0.5, 0.6) is 0 Å². The number of hydrogen-bond donors (Lipinski definition) is 2. The molecule has 0 aromatic rings. The Morgan fingerprint density at radius 2 is 1.85 bits per heavy atom. The second kappa shape index (κ2) is 11.6. The van der Waals surface area contributed by atoms with Crippen molar-refractivity contribution >= 4 is 29.9 Å². The minimum atomic E-state index is 0. The lowest BCUT2D eigenvalue weighted by atomic mass is 10.0. The van der Waals surface area contributed by atoms with E-state index in [1.54, 1.807) is 0 Å². The van der Waals surface area contributed by atoms with Crippen LogP contribution >= 0.6 is 24.0 Å². The molecule has 0 saturated heterocycles. The molecule has 0 fully saturated rings. The predicted octanol–water partition coefficient (Wildman–Crippen LogP) is 3.08. The van der Waals surface area contributed by atoms with Crippen LogP contribution in [0.25, 0.3) is 0 Å². The lowest BCUT2D eigenvalue weighted by Gasteiger charge is -2.33. The fourth-order valence-corrected chi connectivity index (χ4v) is 1.66. The Kier molecular flexibility index (Phi) is 12.9. The Balaban J connectivity index is 0. The van der Waals surface area contributed by atoms with Crippen molar-refractivity contribution in [3.05, 3.63) is 0 Å². The van der Waals surface area contributed by atoms with Crippen molar-refractivity contribution in [2.24, 2.45) is 4.99 Å². The van der Waals surface area contributed by atoms with Crippen molar-refractivity contribution in [1.29, 1.82) is 0 Å². The molecule has 20 heavy (non-hydrogen) atoms. The molecule has 1 atom stereocenters. The van der Waals surface area contributed by atoms with Gasteiger partial charge in [0.25, 0.3) is 0 Å². The van der Waals surface area contributed by atoms with E-state index in [4.69, 9.17) is 0 Å². The van der Waals surface area contributed by atoms with Crippen molar-refractivity contribution in [1.82, 2.24) is 15.5 Å². The third kappa shape index (κ3) is 9.80. The lowest BCUT2D eigenvalue weighted by Crippen LogP contribution is -2.52. The summed E-state index contributed by atoms with van der Waals surface area (Å²) >= 11 is 0. The Hall–Kier alpha value is -0.0400. The number of likely N-dealkylation sites (N-methyl/N-ethyl adjacent to an activating group) is 1. The molecule has 0 radical (unpaired) electrons. The van der Waals surface area contributed by atoms with Crippen LogP contribution in [0.2, 0.25) is 0 Å². The minimum Gasteiger partial charge on any atom is -0.355 e. The number of guanidine groups is 1. The van der Waals surface area contributed by atoms with Crippen LogP contribution in [0, 0.1) is 0 Å². The van der Waals surface area contributed by atoms with E-state index in [2.05, 4.69) is 62.3 Å². The minimum absolute atomic E-state index is 0. The maximum atomic E-state index is 4.29. The molecule has 1 unspecified atom stereocenters. The van der Waals surface area contributed by atoms with E-state index in [-0.39, 0.29) is 29.5 Å². The van der Waals surface area contributed by atoms with E-state index in [0.29, 0.717) is 6.04 Å². The van der Waals surface area contributed by atoms with Crippen LogP contribution < -0.4 is 10.6 Å². The second-order valence-corrected chi connectivity index (χ2v) is 6.17. The average Bonchev–Trinajstić information content (AvgIpc) is 2.34. The summed E-state index contributed by atoms with van der Waals surface area (Å²) in [7, 11) is 6.03. The molecule has 0 aromatic heterocycles. The van der Waals surface area contributed by atoms with Gasteiger partial charge in [-0.1, -0.05) is 26.2 Å². The first kappa shape index (κ1) is 22.2. The zero-order valence-corrected chi connectivity index (χ0v) is 16.7. The number of hydrogen-bond acceptors (Lipinski definition) is 2. The first-order chi connectivity index (χ1) is 8.83. The third-order valence-electron chi connectivity index (χ3n) is 3.75. The molecule has 2 N–H and O–H groups in total. The van der Waals surface area contributed by atoms with Gasteiger partial charge in [-0.2, -0.15) is 0 Å². The topological polar surface area (TPSA) is 39.7 Å². The molecule has 0 heterocycles. The first-order valence-corrected chi connectivity index (χ1v) is 7.48. The van der Waals surface area contributed by atoms with Gasteiger partial charge >= 0.3 is 0 Å². The van der Waals surface area contributed by atoms with Gasteiger partial charge in [0.1, 0.15) is 0 Å². The van der Waals surface area contributed by atoms with E-state index in [0.717, 1.165) is 12.5 Å². The smallest absolute Gasteiger partial charge is 0.191 e. The molecular weight excluding hydrogens is 363 g/mol. The summed E-state index contributed by atoms with van der Waals surface area (Å²) in [6.45, 7) is 9.78. The largest absolute Gasteiger partial charge is 0.355 e. The van der Waals surface area contributed by atoms with E-state index < -0.39 is 0 Å². The predicted molar refractivity (Wildman–Crippen MR) is 101 cm³/mol. The zero-order valence-electron chi connectivity index (χ0n) is 14.4. The molecule has 0 rings (SSSR count). The highest BCUT2D eigenvalue weighted by Crippen LogP contribution is 2.07. The van der Waals surface area contributed by atoms with Crippen molar-refractivity contribution in [3.8, 4) is 0 Å². The third-order valence-corrected chi connectivity index (χ3v) is 3.75. The Morgan fingerprint density at radius 1 is 1.25 bits per heavy atom. The quantitative estimate of drug-likeness (QED) is 0.286. The van der Waals surface area contributed by atoms with Gasteiger partial charge in [0, 0.05) is 25.2 Å². The van der Waals surface area contributed by atoms with Gasteiger partial charge in [0.05, 0.1) is 0 Å². The molecule has 0 saturated carbocycles. The van der Waals surface area contributed by atoms with Crippen molar-refractivity contribution in [2.75, 3.05) is 27.7 Å². The molecule has 122 valence electrons. The summed E-state index contributed by atoms with van der Waals surface area (Å²) in [5.41, 5.74) is 0.114. The van der Waals surface area contributed by atoms with Crippen molar-refractivity contribution < 1.29 is 0 Å². The maximum absolute atomic E-state index is 4.29. The number of halogens is 1. The van der Waals surface area contributed by atoms with E-state index in [9.17, 15) is 0 Å².